The van der Waals surface area contributed by atoms with Gasteiger partial charge in [0.2, 0.25) is 5.91 Å². The maximum Gasteiger partial charge on any atom is 0.271 e. The van der Waals surface area contributed by atoms with Crippen LogP contribution in [0.1, 0.15) is 28.8 Å². The fraction of sp³-hybridized carbons (Fsp3) is 0.176. The van der Waals surface area contributed by atoms with E-state index >= 15 is 0 Å². The summed E-state index contributed by atoms with van der Waals surface area (Å²) in [6, 6.07) is 12.0. The van der Waals surface area contributed by atoms with Crippen molar-refractivity contribution in [2.45, 2.75) is 19.3 Å². The van der Waals surface area contributed by atoms with Gasteiger partial charge in [-0.3, -0.25) is 20.4 Å². The van der Waals surface area contributed by atoms with Crippen molar-refractivity contribution in [3.63, 3.8) is 0 Å². The van der Waals surface area contributed by atoms with Gasteiger partial charge in [-0.1, -0.05) is 53.0 Å². The molecule has 0 heterocycles. The second-order valence-electron chi connectivity index (χ2n) is 5.08. The lowest BCUT2D eigenvalue weighted by Crippen LogP contribution is -2.41. The number of hydrogen-bond donors (Lipinski definition) is 2. The van der Waals surface area contributed by atoms with Gasteiger partial charge in [-0.25, -0.2) is 0 Å². The van der Waals surface area contributed by atoms with E-state index in [0.29, 0.717) is 33.5 Å². The third kappa shape index (κ3) is 5.41. The van der Waals surface area contributed by atoms with E-state index in [1.165, 1.54) is 0 Å². The third-order valence-corrected chi connectivity index (χ3v) is 4.36. The van der Waals surface area contributed by atoms with E-state index in [9.17, 15) is 9.59 Å². The highest BCUT2D eigenvalue weighted by atomic mass is 35.5. The fourth-order valence-corrected chi connectivity index (χ4v) is 2.59. The van der Waals surface area contributed by atoms with Crippen molar-refractivity contribution < 1.29 is 9.59 Å². The molecular formula is C17H15Cl3N2O2. The maximum absolute atomic E-state index is 11.9. The predicted molar refractivity (Wildman–Crippen MR) is 96.5 cm³/mol. The maximum atomic E-state index is 11.9. The van der Waals surface area contributed by atoms with E-state index in [1.54, 1.807) is 36.4 Å². The Hall–Kier alpha value is -1.75. The Balaban J connectivity index is 1.74. The van der Waals surface area contributed by atoms with E-state index in [0.717, 1.165) is 5.56 Å². The molecule has 0 saturated carbocycles. The van der Waals surface area contributed by atoms with Crippen LogP contribution in [-0.2, 0) is 11.2 Å². The van der Waals surface area contributed by atoms with Gasteiger partial charge in [0.05, 0.1) is 20.6 Å². The zero-order chi connectivity index (χ0) is 17.5. The summed E-state index contributed by atoms with van der Waals surface area (Å²) in [6.45, 7) is 0. The van der Waals surface area contributed by atoms with Crippen LogP contribution < -0.4 is 10.9 Å². The first kappa shape index (κ1) is 18.6. The van der Waals surface area contributed by atoms with Crippen LogP contribution in [0.25, 0.3) is 0 Å². The summed E-state index contributed by atoms with van der Waals surface area (Å²) in [6.07, 6.45) is 1.57. The van der Waals surface area contributed by atoms with Crippen LogP contribution in [0.4, 0.5) is 0 Å². The minimum atomic E-state index is -0.460. The Morgan fingerprint density at radius 3 is 2.33 bits per heavy atom. The lowest BCUT2D eigenvalue weighted by Gasteiger charge is -2.08. The van der Waals surface area contributed by atoms with Gasteiger partial charge in [-0.15, -0.1) is 0 Å². The van der Waals surface area contributed by atoms with Crippen LogP contribution in [0.2, 0.25) is 15.1 Å². The highest BCUT2D eigenvalue weighted by Crippen LogP contribution is 2.23. The van der Waals surface area contributed by atoms with Crippen LogP contribution >= 0.6 is 34.8 Å². The zero-order valence-corrected chi connectivity index (χ0v) is 14.9. The molecule has 2 aromatic rings. The number of benzene rings is 2. The number of hydrogen-bond acceptors (Lipinski definition) is 2. The van der Waals surface area contributed by atoms with Gasteiger partial charge in [-0.2, -0.15) is 0 Å². The average Bonchev–Trinajstić information content (AvgIpc) is 2.56. The molecule has 24 heavy (non-hydrogen) atoms. The number of halogens is 3. The molecule has 0 bridgehead atoms. The molecule has 0 radical (unpaired) electrons. The second-order valence-corrected chi connectivity index (χ2v) is 6.31. The van der Waals surface area contributed by atoms with E-state index in [-0.39, 0.29) is 12.3 Å². The number of carbonyl (C=O) groups excluding carboxylic acids is 2. The number of carbonyl (C=O) groups is 2. The Kier molecular flexibility index (Phi) is 6.91. The van der Waals surface area contributed by atoms with Crippen molar-refractivity contribution in [3.8, 4) is 0 Å². The summed E-state index contributed by atoms with van der Waals surface area (Å²) in [7, 11) is 0. The third-order valence-electron chi connectivity index (χ3n) is 3.29. The highest BCUT2D eigenvalue weighted by Gasteiger charge is 2.10. The summed E-state index contributed by atoms with van der Waals surface area (Å²) >= 11 is 17.7. The fourth-order valence-electron chi connectivity index (χ4n) is 2.05. The van der Waals surface area contributed by atoms with Crippen molar-refractivity contribution >= 4 is 46.6 Å². The summed E-state index contributed by atoms with van der Waals surface area (Å²) in [5, 5.41) is 1.31. The number of nitrogens with one attached hydrogen (secondary N) is 2. The zero-order valence-electron chi connectivity index (χ0n) is 12.6. The van der Waals surface area contributed by atoms with Crippen LogP contribution in [0, 0.1) is 0 Å². The number of rotatable bonds is 5. The molecule has 0 aliphatic rings. The number of hydrazine groups is 1. The predicted octanol–water partition coefficient (Wildman–Crippen LogP) is 4.43. The first-order valence-corrected chi connectivity index (χ1v) is 8.38. The van der Waals surface area contributed by atoms with Crippen LogP contribution in [0.5, 0.6) is 0 Å². The molecule has 0 fully saturated rings. The minimum absolute atomic E-state index is 0.267. The Morgan fingerprint density at radius 1 is 0.875 bits per heavy atom. The van der Waals surface area contributed by atoms with Crippen molar-refractivity contribution in [1.82, 2.24) is 10.9 Å². The minimum Gasteiger partial charge on any atom is -0.273 e. The van der Waals surface area contributed by atoms with Gasteiger partial charge in [0.1, 0.15) is 0 Å². The average molecular weight is 386 g/mol. The van der Waals surface area contributed by atoms with Crippen molar-refractivity contribution in [2.75, 3.05) is 0 Å². The molecule has 0 spiro atoms. The van der Waals surface area contributed by atoms with Gasteiger partial charge < -0.3 is 0 Å². The van der Waals surface area contributed by atoms with E-state index < -0.39 is 5.91 Å². The van der Waals surface area contributed by atoms with Crippen LogP contribution in [0.15, 0.2) is 42.5 Å². The van der Waals surface area contributed by atoms with Crippen molar-refractivity contribution in [3.05, 3.63) is 68.7 Å². The lowest BCUT2D eigenvalue weighted by atomic mass is 10.1. The first-order chi connectivity index (χ1) is 11.5. The Morgan fingerprint density at radius 2 is 1.62 bits per heavy atom. The van der Waals surface area contributed by atoms with Gasteiger partial charge in [0.25, 0.3) is 5.91 Å². The van der Waals surface area contributed by atoms with Gasteiger partial charge in [0.15, 0.2) is 0 Å². The molecule has 2 rings (SSSR count). The first-order valence-electron chi connectivity index (χ1n) is 7.25. The van der Waals surface area contributed by atoms with Crippen LogP contribution in [-0.4, -0.2) is 11.8 Å². The molecule has 0 aliphatic carbocycles. The molecule has 2 amide bonds. The highest BCUT2D eigenvalue weighted by molar-refractivity contribution is 6.42. The molecule has 0 saturated heterocycles. The number of amides is 2. The quantitative estimate of drug-likeness (QED) is 0.748. The van der Waals surface area contributed by atoms with Crippen LogP contribution in [0.3, 0.4) is 0 Å². The van der Waals surface area contributed by atoms with Crippen molar-refractivity contribution in [2.24, 2.45) is 0 Å². The molecule has 0 aromatic heterocycles. The standard InChI is InChI=1S/C17H15Cl3N2O2/c18-13-6-2-1-5-12(13)17(24)22-21-16(23)7-3-4-11-8-9-14(19)15(20)10-11/h1-2,5-6,8-10H,3-4,7H2,(H,21,23)(H,22,24). The molecule has 0 unspecified atom stereocenters. The molecule has 126 valence electrons. The Bertz CT molecular complexity index is 750. The molecule has 0 aliphatic heterocycles. The molecule has 4 nitrogen and oxygen atoms in total. The van der Waals surface area contributed by atoms with E-state index in [1.807, 2.05) is 6.07 Å². The summed E-state index contributed by atoms with van der Waals surface area (Å²) in [5.41, 5.74) is 6.01. The molecular weight excluding hydrogens is 371 g/mol. The topological polar surface area (TPSA) is 58.2 Å². The largest absolute Gasteiger partial charge is 0.273 e. The number of aryl methyl sites for hydroxylation is 1. The normalized spacial score (nSPS) is 10.3. The van der Waals surface area contributed by atoms with E-state index in [4.69, 9.17) is 34.8 Å². The smallest absolute Gasteiger partial charge is 0.271 e. The molecule has 2 N–H and O–H groups in total. The van der Waals surface area contributed by atoms with Gasteiger partial charge in [-0.05, 0) is 42.7 Å². The summed E-state index contributed by atoms with van der Waals surface area (Å²) in [4.78, 5) is 23.7. The molecule has 0 atom stereocenters. The summed E-state index contributed by atoms with van der Waals surface area (Å²) < 4.78 is 0. The Labute approximate surface area is 155 Å². The SMILES string of the molecule is O=C(CCCc1ccc(Cl)c(Cl)c1)NNC(=O)c1ccccc1Cl. The summed E-state index contributed by atoms with van der Waals surface area (Å²) in [5.74, 6) is -0.742. The van der Waals surface area contributed by atoms with Gasteiger partial charge >= 0.3 is 0 Å². The monoisotopic (exact) mass is 384 g/mol. The molecule has 7 heteroatoms. The van der Waals surface area contributed by atoms with Gasteiger partial charge in [0, 0.05) is 6.42 Å². The van der Waals surface area contributed by atoms with E-state index in [2.05, 4.69) is 10.9 Å². The van der Waals surface area contributed by atoms with Crippen molar-refractivity contribution in [1.29, 1.82) is 0 Å². The second kappa shape index (κ2) is 8.92. The molecule has 2 aromatic carbocycles. The lowest BCUT2D eigenvalue weighted by molar-refractivity contribution is -0.121.